The Labute approximate surface area is 69.7 Å². The SMILES string of the molecule is CC(C)/C=C(\C=O)CI. The first-order chi connectivity index (χ1) is 4.20. The molecule has 0 spiro atoms. The van der Waals surface area contributed by atoms with E-state index in [1.165, 1.54) is 0 Å². The first-order valence-corrected chi connectivity index (χ1v) is 4.45. The lowest BCUT2D eigenvalue weighted by molar-refractivity contribution is -0.104. The summed E-state index contributed by atoms with van der Waals surface area (Å²) < 4.78 is 0.819. The quantitative estimate of drug-likeness (QED) is 0.319. The highest BCUT2D eigenvalue weighted by molar-refractivity contribution is 14.1. The highest BCUT2D eigenvalue weighted by atomic mass is 127. The van der Waals surface area contributed by atoms with Crippen LogP contribution in [0.4, 0.5) is 0 Å². The lowest BCUT2D eigenvalue weighted by atomic mass is 10.1. The smallest absolute Gasteiger partial charge is 0.146 e. The van der Waals surface area contributed by atoms with Gasteiger partial charge < -0.3 is 0 Å². The maximum Gasteiger partial charge on any atom is 0.146 e. The zero-order chi connectivity index (χ0) is 7.28. The first kappa shape index (κ1) is 9.14. The number of carbonyl (C=O) groups is 1. The van der Waals surface area contributed by atoms with Crippen LogP contribution in [0, 0.1) is 5.92 Å². The third kappa shape index (κ3) is 4.63. The van der Waals surface area contributed by atoms with Gasteiger partial charge in [0.2, 0.25) is 0 Å². The Morgan fingerprint density at radius 3 is 2.33 bits per heavy atom. The fraction of sp³-hybridized carbons (Fsp3) is 0.571. The van der Waals surface area contributed by atoms with E-state index in [1.807, 2.05) is 6.08 Å². The van der Waals surface area contributed by atoms with Crippen LogP contribution in [0.5, 0.6) is 0 Å². The molecule has 52 valence electrons. The molecule has 0 fully saturated rings. The number of hydrogen-bond donors (Lipinski definition) is 0. The van der Waals surface area contributed by atoms with Crippen molar-refractivity contribution in [3.63, 3.8) is 0 Å². The van der Waals surface area contributed by atoms with Crippen molar-refractivity contribution < 1.29 is 4.79 Å². The minimum absolute atomic E-state index is 0.486. The molecule has 0 aliphatic heterocycles. The van der Waals surface area contributed by atoms with Gasteiger partial charge in [0.05, 0.1) is 0 Å². The van der Waals surface area contributed by atoms with Crippen molar-refractivity contribution in [3.8, 4) is 0 Å². The largest absolute Gasteiger partial charge is 0.298 e. The van der Waals surface area contributed by atoms with Crippen molar-refractivity contribution in [2.24, 2.45) is 5.92 Å². The Morgan fingerprint density at radius 2 is 2.22 bits per heavy atom. The van der Waals surface area contributed by atoms with Gasteiger partial charge in [0, 0.05) is 4.43 Å². The van der Waals surface area contributed by atoms with Gasteiger partial charge in [-0.05, 0) is 11.5 Å². The number of aldehydes is 1. The number of rotatable bonds is 3. The van der Waals surface area contributed by atoms with Gasteiger partial charge in [-0.15, -0.1) is 0 Å². The third-order valence-corrected chi connectivity index (χ3v) is 1.73. The van der Waals surface area contributed by atoms with E-state index in [9.17, 15) is 4.79 Å². The molecule has 0 aromatic rings. The van der Waals surface area contributed by atoms with Crippen LogP contribution in [0.3, 0.4) is 0 Å². The van der Waals surface area contributed by atoms with Crippen LogP contribution in [0.1, 0.15) is 13.8 Å². The molecule has 2 heteroatoms. The molecule has 0 atom stereocenters. The summed E-state index contributed by atoms with van der Waals surface area (Å²) in [6.07, 6.45) is 2.91. The zero-order valence-electron chi connectivity index (χ0n) is 5.73. The summed E-state index contributed by atoms with van der Waals surface area (Å²) in [7, 11) is 0. The number of halogens is 1. The monoisotopic (exact) mass is 238 g/mol. The van der Waals surface area contributed by atoms with Gasteiger partial charge in [-0.2, -0.15) is 0 Å². The molecule has 0 amide bonds. The molecule has 0 rings (SSSR count). The van der Waals surface area contributed by atoms with Crippen LogP contribution in [-0.4, -0.2) is 10.7 Å². The molecule has 0 radical (unpaired) electrons. The summed E-state index contributed by atoms with van der Waals surface area (Å²) in [5.41, 5.74) is 0.894. The maximum absolute atomic E-state index is 10.2. The van der Waals surface area contributed by atoms with Gasteiger partial charge in [0.1, 0.15) is 6.29 Å². The topological polar surface area (TPSA) is 17.1 Å². The molecule has 0 aromatic heterocycles. The van der Waals surface area contributed by atoms with Crippen molar-refractivity contribution in [1.29, 1.82) is 0 Å². The fourth-order valence-electron chi connectivity index (χ4n) is 0.543. The van der Waals surface area contributed by atoms with E-state index in [-0.39, 0.29) is 0 Å². The molecule has 0 saturated heterocycles. The predicted octanol–water partition coefficient (Wildman–Crippen LogP) is 2.20. The third-order valence-electron chi connectivity index (χ3n) is 0.853. The average Bonchev–Trinajstić information content (AvgIpc) is 1.82. The molecule has 0 bridgehead atoms. The van der Waals surface area contributed by atoms with Crippen LogP contribution in [-0.2, 0) is 4.79 Å². The highest BCUT2D eigenvalue weighted by Gasteiger charge is 1.92. The Bertz CT molecular complexity index is 116. The van der Waals surface area contributed by atoms with Gasteiger partial charge in [0.15, 0.2) is 0 Å². The van der Waals surface area contributed by atoms with E-state index in [0.29, 0.717) is 5.92 Å². The molecule has 9 heavy (non-hydrogen) atoms. The Morgan fingerprint density at radius 1 is 1.67 bits per heavy atom. The van der Waals surface area contributed by atoms with Crippen LogP contribution in [0.15, 0.2) is 11.6 Å². The second kappa shape index (κ2) is 4.97. The lowest BCUT2D eigenvalue weighted by Crippen LogP contribution is -1.89. The Balaban J connectivity index is 3.90. The normalized spacial score (nSPS) is 12.2. The van der Waals surface area contributed by atoms with Gasteiger partial charge in [-0.3, -0.25) is 4.79 Å². The number of alkyl halides is 1. The summed E-state index contributed by atoms with van der Waals surface area (Å²) in [6, 6.07) is 0. The molecular weight excluding hydrogens is 227 g/mol. The standard InChI is InChI=1S/C7H11IO/c1-6(2)3-7(4-8)5-9/h3,5-6H,4H2,1-2H3/b7-3-. The van der Waals surface area contributed by atoms with E-state index in [2.05, 4.69) is 36.4 Å². The van der Waals surface area contributed by atoms with Gasteiger partial charge in [-0.1, -0.05) is 42.5 Å². The van der Waals surface area contributed by atoms with E-state index in [0.717, 1.165) is 16.3 Å². The Kier molecular flexibility index (Phi) is 5.04. The average molecular weight is 238 g/mol. The fourth-order valence-corrected chi connectivity index (χ4v) is 0.978. The van der Waals surface area contributed by atoms with Crippen LogP contribution in [0.25, 0.3) is 0 Å². The summed E-state index contributed by atoms with van der Waals surface area (Å²) in [4.78, 5) is 10.2. The molecule has 0 unspecified atom stereocenters. The van der Waals surface area contributed by atoms with Crippen LogP contribution in [0.2, 0.25) is 0 Å². The second-order valence-electron chi connectivity index (χ2n) is 2.24. The zero-order valence-corrected chi connectivity index (χ0v) is 7.88. The predicted molar refractivity (Wildman–Crippen MR) is 47.9 cm³/mol. The molecule has 0 heterocycles. The molecule has 0 aromatic carbocycles. The van der Waals surface area contributed by atoms with Crippen molar-refractivity contribution in [1.82, 2.24) is 0 Å². The van der Waals surface area contributed by atoms with E-state index in [1.54, 1.807) is 0 Å². The van der Waals surface area contributed by atoms with E-state index < -0.39 is 0 Å². The molecule has 0 N–H and O–H groups in total. The maximum atomic E-state index is 10.2. The summed E-state index contributed by atoms with van der Waals surface area (Å²) in [5.74, 6) is 0.486. The highest BCUT2D eigenvalue weighted by Crippen LogP contribution is 2.02. The molecule has 0 aliphatic rings. The molecular formula is C7H11IO. The van der Waals surface area contributed by atoms with Gasteiger partial charge in [0.25, 0.3) is 0 Å². The first-order valence-electron chi connectivity index (χ1n) is 2.92. The van der Waals surface area contributed by atoms with Crippen molar-refractivity contribution in [2.75, 3.05) is 4.43 Å². The number of carbonyl (C=O) groups excluding carboxylic acids is 1. The number of allylic oxidation sites excluding steroid dienone is 2. The minimum atomic E-state index is 0.486. The summed E-state index contributed by atoms with van der Waals surface area (Å²) in [6.45, 7) is 4.13. The van der Waals surface area contributed by atoms with Gasteiger partial charge in [-0.25, -0.2) is 0 Å². The number of hydrogen-bond acceptors (Lipinski definition) is 1. The van der Waals surface area contributed by atoms with Crippen LogP contribution < -0.4 is 0 Å². The molecule has 0 aliphatic carbocycles. The Hall–Kier alpha value is 0.140. The van der Waals surface area contributed by atoms with E-state index >= 15 is 0 Å². The molecule has 0 saturated carbocycles. The van der Waals surface area contributed by atoms with Crippen LogP contribution >= 0.6 is 22.6 Å². The lowest BCUT2D eigenvalue weighted by Gasteiger charge is -1.95. The summed E-state index contributed by atoms with van der Waals surface area (Å²) >= 11 is 2.18. The molecule has 1 nitrogen and oxygen atoms in total. The second-order valence-corrected chi connectivity index (χ2v) is 3.00. The van der Waals surface area contributed by atoms with Crippen molar-refractivity contribution in [2.45, 2.75) is 13.8 Å². The van der Waals surface area contributed by atoms with E-state index in [4.69, 9.17) is 0 Å². The minimum Gasteiger partial charge on any atom is -0.298 e. The van der Waals surface area contributed by atoms with Crippen molar-refractivity contribution in [3.05, 3.63) is 11.6 Å². The van der Waals surface area contributed by atoms with Gasteiger partial charge >= 0.3 is 0 Å². The summed E-state index contributed by atoms with van der Waals surface area (Å²) in [5, 5.41) is 0. The van der Waals surface area contributed by atoms with Crippen molar-refractivity contribution >= 4 is 28.9 Å².